The van der Waals surface area contributed by atoms with Crippen molar-refractivity contribution in [3.05, 3.63) is 22.4 Å². The molecular weight excluding hydrogens is 198 g/mol. The van der Waals surface area contributed by atoms with Crippen molar-refractivity contribution in [2.45, 2.75) is 18.8 Å². The van der Waals surface area contributed by atoms with Gasteiger partial charge in [-0.1, -0.05) is 6.07 Å². The number of carbonyl (C=O) groups is 1. The van der Waals surface area contributed by atoms with Crippen molar-refractivity contribution in [1.29, 1.82) is 0 Å². The minimum Gasteiger partial charge on any atom is -0.477 e. The standard InChI is InChI=1S/C8H8F2O2S/c9-8(10,7(11)12)4-3-6-2-1-5-13-6/h1-2,5H,3-4H2,(H,11,12). The first kappa shape index (κ1) is 10.1. The van der Waals surface area contributed by atoms with Gasteiger partial charge in [-0.15, -0.1) is 11.3 Å². The number of carboxylic acids is 1. The maximum Gasteiger partial charge on any atom is 0.374 e. The van der Waals surface area contributed by atoms with Crippen LogP contribution in [-0.2, 0) is 11.2 Å². The zero-order chi connectivity index (χ0) is 9.90. The second-order valence-electron chi connectivity index (χ2n) is 2.59. The minimum absolute atomic E-state index is 0.108. The van der Waals surface area contributed by atoms with E-state index in [1.807, 2.05) is 0 Å². The predicted molar refractivity (Wildman–Crippen MR) is 45.2 cm³/mol. The SMILES string of the molecule is O=C(O)C(F)(F)CCc1cccs1. The molecule has 0 saturated carbocycles. The third kappa shape index (κ3) is 2.77. The minimum atomic E-state index is -3.61. The Labute approximate surface area is 77.8 Å². The van der Waals surface area contributed by atoms with Gasteiger partial charge in [0, 0.05) is 11.3 Å². The first-order chi connectivity index (χ1) is 6.02. The molecule has 0 unspecified atom stereocenters. The summed E-state index contributed by atoms with van der Waals surface area (Å²) in [6.45, 7) is 0. The number of hydrogen-bond acceptors (Lipinski definition) is 2. The lowest BCUT2D eigenvalue weighted by Crippen LogP contribution is -2.28. The molecule has 5 heteroatoms. The molecule has 0 saturated heterocycles. The van der Waals surface area contributed by atoms with Gasteiger partial charge in [0.15, 0.2) is 0 Å². The Morgan fingerprint density at radius 1 is 1.62 bits per heavy atom. The fraction of sp³-hybridized carbons (Fsp3) is 0.375. The smallest absolute Gasteiger partial charge is 0.374 e. The normalized spacial score (nSPS) is 11.5. The molecule has 13 heavy (non-hydrogen) atoms. The Balaban J connectivity index is 2.47. The summed E-state index contributed by atoms with van der Waals surface area (Å²) in [5.74, 6) is -5.66. The van der Waals surface area contributed by atoms with Crippen molar-refractivity contribution in [1.82, 2.24) is 0 Å². The van der Waals surface area contributed by atoms with Crippen LogP contribution in [-0.4, -0.2) is 17.0 Å². The van der Waals surface area contributed by atoms with E-state index in [0.29, 0.717) is 0 Å². The van der Waals surface area contributed by atoms with Crippen molar-refractivity contribution in [3.63, 3.8) is 0 Å². The summed E-state index contributed by atoms with van der Waals surface area (Å²) in [6.07, 6.45) is -0.528. The van der Waals surface area contributed by atoms with Gasteiger partial charge in [-0.3, -0.25) is 0 Å². The molecule has 1 aromatic rings. The topological polar surface area (TPSA) is 37.3 Å². The van der Waals surface area contributed by atoms with Gasteiger partial charge in [0.25, 0.3) is 0 Å². The van der Waals surface area contributed by atoms with Crippen LogP contribution < -0.4 is 0 Å². The third-order valence-electron chi connectivity index (χ3n) is 1.58. The van der Waals surface area contributed by atoms with Crippen LogP contribution in [0.4, 0.5) is 8.78 Å². The van der Waals surface area contributed by atoms with Crippen LogP contribution in [0, 0.1) is 0 Å². The van der Waals surface area contributed by atoms with E-state index < -0.39 is 18.3 Å². The second-order valence-corrected chi connectivity index (χ2v) is 3.62. The lowest BCUT2D eigenvalue weighted by atomic mass is 10.1. The van der Waals surface area contributed by atoms with Crippen molar-refractivity contribution in [2.24, 2.45) is 0 Å². The number of carboxylic acid groups (broad SMARTS) is 1. The lowest BCUT2D eigenvalue weighted by molar-refractivity contribution is -0.165. The van der Waals surface area contributed by atoms with Crippen LogP contribution >= 0.6 is 11.3 Å². The Hall–Kier alpha value is -0.970. The molecule has 1 aromatic heterocycles. The molecule has 0 fully saturated rings. The van der Waals surface area contributed by atoms with E-state index in [-0.39, 0.29) is 6.42 Å². The van der Waals surface area contributed by atoms with Gasteiger partial charge in [-0.2, -0.15) is 8.78 Å². The molecular formula is C8H8F2O2S. The van der Waals surface area contributed by atoms with E-state index in [2.05, 4.69) is 0 Å². The number of aryl methyl sites for hydroxylation is 1. The van der Waals surface area contributed by atoms with Crippen LogP contribution in [0.25, 0.3) is 0 Å². The maximum atomic E-state index is 12.5. The fourth-order valence-electron chi connectivity index (χ4n) is 0.842. The van der Waals surface area contributed by atoms with Crippen molar-refractivity contribution < 1.29 is 18.7 Å². The molecule has 2 nitrogen and oxygen atoms in total. The third-order valence-corrected chi connectivity index (χ3v) is 2.51. The molecule has 0 atom stereocenters. The molecule has 72 valence electrons. The molecule has 1 N–H and O–H groups in total. The molecule has 0 radical (unpaired) electrons. The Kier molecular flexibility index (Phi) is 2.98. The van der Waals surface area contributed by atoms with Crippen LogP contribution in [0.5, 0.6) is 0 Å². The summed E-state index contributed by atoms with van der Waals surface area (Å²) in [4.78, 5) is 10.8. The molecule has 1 rings (SSSR count). The van der Waals surface area contributed by atoms with Crippen LogP contribution in [0.15, 0.2) is 17.5 Å². The van der Waals surface area contributed by atoms with E-state index in [1.165, 1.54) is 11.3 Å². The highest BCUT2D eigenvalue weighted by molar-refractivity contribution is 7.09. The van der Waals surface area contributed by atoms with Gasteiger partial charge in [0.2, 0.25) is 0 Å². The highest BCUT2D eigenvalue weighted by Gasteiger charge is 2.37. The number of alkyl halides is 2. The maximum absolute atomic E-state index is 12.5. The van der Waals surface area contributed by atoms with Crippen LogP contribution in [0.3, 0.4) is 0 Å². The van der Waals surface area contributed by atoms with E-state index >= 15 is 0 Å². The molecule has 0 aliphatic carbocycles. The van der Waals surface area contributed by atoms with E-state index in [1.54, 1.807) is 17.5 Å². The summed E-state index contributed by atoms with van der Waals surface area (Å²) < 4.78 is 25.1. The molecule has 0 aliphatic heterocycles. The Morgan fingerprint density at radius 2 is 2.31 bits per heavy atom. The van der Waals surface area contributed by atoms with Gasteiger partial charge in [-0.05, 0) is 17.9 Å². The highest BCUT2D eigenvalue weighted by atomic mass is 32.1. The van der Waals surface area contributed by atoms with Crippen molar-refractivity contribution in [2.75, 3.05) is 0 Å². The highest BCUT2D eigenvalue weighted by Crippen LogP contribution is 2.22. The van der Waals surface area contributed by atoms with Gasteiger partial charge < -0.3 is 5.11 Å². The van der Waals surface area contributed by atoms with E-state index in [4.69, 9.17) is 5.11 Å². The first-order valence-electron chi connectivity index (χ1n) is 3.66. The zero-order valence-corrected chi connectivity index (χ0v) is 7.48. The number of aliphatic carboxylic acids is 1. The predicted octanol–water partition coefficient (Wildman–Crippen LogP) is 2.40. The fourth-order valence-corrected chi connectivity index (χ4v) is 1.55. The number of hydrogen-bond donors (Lipinski definition) is 1. The number of halogens is 2. The van der Waals surface area contributed by atoms with Crippen molar-refractivity contribution >= 4 is 17.3 Å². The summed E-state index contributed by atoms with van der Waals surface area (Å²) >= 11 is 1.35. The second kappa shape index (κ2) is 3.83. The lowest BCUT2D eigenvalue weighted by Gasteiger charge is -2.09. The summed E-state index contributed by atoms with van der Waals surface area (Å²) in [5, 5.41) is 9.90. The quantitative estimate of drug-likeness (QED) is 0.821. The van der Waals surface area contributed by atoms with Gasteiger partial charge >= 0.3 is 11.9 Å². The molecule has 0 spiro atoms. The summed E-state index contributed by atoms with van der Waals surface area (Å²) in [7, 11) is 0. The van der Waals surface area contributed by atoms with Gasteiger partial charge in [0.1, 0.15) is 0 Å². The van der Waals surface area contributed by atoms with Gasteiger partial charge in [0.05, 0.1) is 0 Å². The van der Waals surface area contributed by atoms with Crippen molar-refractivity contribution in [3.8, 4) is 0 Å². The monoisotopic (exact) mass is 206 g/mol. The summed E-state index contributed by atoms with van der Waals surface area (Å²) in [5.41, 5.74) is 0. The molecule has 0 amide bonds. The number of rotatable bonds is 4. The number of thiophene rings is 1. The Bertz CT molecular complexity index is 282. The van der Waals surface area contributed by atoms with E-state index in [9.17, 15) is 13.6 Å². The average molecular weight is 206 g/mol. The van der Waals surface area contributed by atoms with Gasteiger partial charge in [-0.25, -0.2) is 4.79 Å². The first-order valence-corrected chi connectivity index (χ1v) is 4.54. The molecule has 0 aromatic carbocycles. The largest absolute Gasteiger partial charge is 0.477 e. The van der Waals surface area contributed by atoms with E-state index in [0.717, 1.165) is 4.88 Å². The molecule has 0 aliphatic rings. The average Bonchev–Trinajstić information content (AvgIpc) is 2.52. The van der Waals surface area contributed by atoms with Crippen LogP contribution in [0.1, 0.15) is 11.3 Å². The molecule has 1 heterocycles. The Morgan fingerprint density at radius 3 is 2.77 bits per heavy atom. The zero-order valence-electron chi connectivity index (χ0n) is 6.67. The van der Waals surface area contributed by atoms with Crippen LogP contribution in [0.2, 0.25) is 0 Å². The summed E-state index contributed by atoms with van der Waals surface area (Å²) in [6, 6.07) is 3.46. The molecule has 0 bridgehead atoms.